The van der Waals surface area contributed by atoms with Crippen molar-refractivity contribution in [1.82, 2.24) is 10.1 Å². The Morgan fingerprint density at radius 1 is 1.33 bits per heavy atom. The van der Waals surface area contributed by atoms with Gasteiger partial charge in [0.25, 0.3) is 0 Å². The molecule has 21 heavy (non-hydrogen) atoms. The Morgan fingerprint density at radius 2 is 2.10 bits per heavy atom. The first-order chi connectivity index (χ1) is 9.97. The van der Waals surface area contributed by atoms with Gasteiger partial charge in [-0.25, -0.2) is 0 Å². The van der Waals surface area contributed by atoms with Gasteiger partial charge in [0.2, 0.25) is 5.89 Å². The second-order valence-electron chi connectivity index (χ2n) is 5.42. The minimum atomic E-state index is -0.0149. The normalized spacial score (nSPS) is 14.4. The van der Waals surface area contributed by atoms with E-state index in [1.54, 1.807) is 11.8 Å². The summed E-state index contributed by atoms with van der Waals surface area (Å²) in [4.78, 5) is 5.56. The Morgan fingerprint density at radius 3 is 2.71 bits per heavy atom. The number of hydrogen-bond donors (Lipinski definition) is 1. The fraction of sp³-hybridized carbons (Fsp3) is 0.467. The molecular weight excluding hydrogens is 306 g/mol. The lowest BCUT2D eigenvalue weighted by molar-refractivity contribution is 0.299. The van der Waals surface area contributed by atoms with Crippen molar-refractivity contribution in [2.45, 2.75) is 43.4 Å². The first kappa shape index (κ1) is 16.3. The molecule has 0 aliphatic rings. The van der Waals surface area contributed by atoms with Crippen LogP contribution in [0.1, 0.15) is 38.4 Å². The summed E-state index contributed by atoms with van der Waals surface area (Å²) in [7, 11) is 0. The van der Waals surface area contributed by atoms with E-state index >= 15 is 0 Å². The number of hydrogen-bond acceptors (Lipinski definition) is 5. The molecular formula is C15H20ClN3OS. The molecule has 0 saturated heterocycles. The number of rotatable bonds is 6. The SMILES string of the molecule is CC(C)C(c1nc(CSc2cccc(Cl)c2)no1)C(C)N. The predicted molar refractivity (Wildman–Crippen MR) is 86.5 cm³/mol. The molecule has 114 valence electrons. The molecule has 0 aliphatic heterocycles. The fourth-order valence-electron chi connectivity index (χ4n) is 2.28. The summed E-state index contributed by atoms with van der Waals surface area (Å²) >= 11 is 7.59. The largest absolute Gasteiger partial charge is 0.339 e. The van der Waals surface area contributed by atoms with Crippen LogP contribution in [0.25, 0.3) is 0 Å². The number of nitrogens with two attached hydrogens (primary N) is 1. The van der Waals surface area contributed by atoms with Crippen LogP contribution in [0.5, 0.6) is 0 Å². The number of benzene rings is 1. The van der Waals surface area contributed by atoms with Crippen molar-refractivity contribution in [2.75, 3.05) is 0 Å². The second-order valence-corrected chi connectivity index (χ2v) is 6.91. The average molecular weight is 326 g/mol. The highest BCUT2D eigenvalue weighted by molar-refractivity contribution is 7.98. The van der Waals surface area contributed by atoms with E-state index in [0.717, 1.165) is 9.92 Å². The average Bonchev–Trinajstić information content (AvgIpc) is 2.84. The lowest BCUT2D eigenvalue weighted by atomic mass is 9.90. The van der Waals surface area contributed by atoms with Crippen LogP contribution >= 0.6 is 23.4 Å². The highest BCUT2D eigenvalue weighted by Crippen LogP contribution is 2.28. The third kappa shape index (κ3) is 4.46. The van der Waals surface area contributed by atoms with Gasteiger partial charge in [-0.2, -0.15) is 4.98 Å². The summed E-state index contributed by atoms with van der Waals surface area (Å²) < 4.78 is 5.38. The van der Waals surface area contributed by atoms with Gasteiger partial charge in [-0.15, -0.1) is 11.8 Å². The highest BCUT2D eigenvalue weighted by Gasteiger charge is 2.26. The van der Waals surface area contributed by atoms with Crippen molar-refractivity contribution in [3.63, 3.8) is 0 Å². The number of nitrogens with zero attached hydrogens (tertiary/aromatic N) is 2. The van der Waals surface area contributed by atoms with Gasteiger partial charge < -0.3 is 10.3 Å². The lowest BCUT2D eigenvalue weighted by Crippen LogP contribution is -2.28. The molecule has 0 saturated carbocycles. The zero-order valence-electron chi connectivity index (χ0n) is 12.4. The van der Waals surface area contributed by atoms with Crippen LogP contribution in [0.15, 0.2) is 33.7 Å². The summed E-state index contributed by atoms with van der Waals surface area (Å²) in [5.41, 5.74) is 6.01. The van der Waals surface area contributed by atoms with Gasteiger partial charge in [0.1, 0.15) is 0 Å². The minimum Gasteiger partial charge on any atom is -0.339 e. The van der Waals surface area contributed by atoms with Crippen LogP contribution in [-0.4, -0.2) is 16.2 Å². The van der Waals surface area contributed by atoms with Gasteiger partial charge >= 0.3 is 0 Å². The second kappa shape index (κ2) is 7.29. The van der Waals surface area contributed by atoms with Crippen molar-refractivity contribution in [3.05, 3.63) is 41.0 Å². The molecule has 2 atom stereocenters. The highest BCUT2D eigenvalue weighted by atomic mass is 35.5. The summed E-state index contributed by atoms with van der Waals surface area (Å²) in [6.07, 6.45) is 0. The van der Waals surface area contributed by atoms with Crippen LogP contribution in [0.4, 0.5) is 0 Å². The first-order valence-electron chi connectivity index (χ1n) is 6.93. The lowest BCUT2D eigenvalue weighted by Gasteiger charge is -2.20. The standard InChI is InChI=1S/C15H20ClN3OS/c1-9(2)14(10(3)17)15-18-13(19-20-15)8-21-12-6-4-5-11(16)7-12/h4-7,9-10,14H,8,17H2,1-3H3. The van der Waals surface area contributed by atoms with Crippen LogP contribution < -0.4 is 5.73 Å². The quantitative estimate of drug-likeness (QED) is 0.810. The van der Waals surface area contributed by atoms with Crippen molar-refractivity contribution in [3.8, 4) is 0 Å². The topological polar surface area (TPSA) is 64.9 Å². The van der Waals surface area contributed by atoms with E-state index in [-0.39, 0.29) is 12.0 Å². The molecule has 2 rings (SSSR count). The van der Waals surface area contributed by atoms with Crippen LogP contribution in [0, 0.1) is 5.92 Å². The van der Waals surface area contributed by atoms with Crippen LogP contribution in [-0.2, 0) is 5.75 Å². The molecule has 0 amide bonds. The van der Waals surface area contributed by atoms with E-state index in [0.29, 0.717) is 23.4 Å². The van der Waals surface area contributed by atoms with E-state index in [1.807, 2.05) is 31.2 Å². The monoisotopic (exact) mass is 325 g/mol. The maximum atomic E-state index is 6.01. The van der Waals surface area contributed by atoms with Gasteiger partial charge in [-0.3, -0.25) is 0 Å². The van der Waals surface area contributed by atoms with E-state index in [2.05, 4.69) is 24.0 Å². The van der Waals surface area contributed by atoms with Crippen LogP contribution in [0.3, 0.4) is 0 Å². The smallest absolute Gasteiger partial charge is 0.231 e. The van der Waals surface area contributed by atoms with Gasteiger partial charge in [0.15, 0.2) is 5.82 Å². The van der Waals surface area contributed by atoms with Gasteiger partial charge in [-0.05, 0) is 31.0 Å². The van der Waals surface area contributed by atoms with E-state index in [9.17, 15) is 0 Å². The first-order valence-corrected chi connectivity index (χ1v) is 8.30. The third-order valence-electron chi connectivity index (χ3n) is 3.22. The summed E-state index contributed by atoms with van der Waals surface area (Å²) in [5.74, 6) is 2.40. The Hall–Kier alpha value is -1.04. The van der Waals surface area contributed by atoms with Crippen molar-refractivity contribution in [1.29, 1.82) is 0 Å². The molecule has 0 radical (unpaired) electrons. The van der Waals surface area contributed by atoms with Gasteiger partial charge in [0, 0.05) is 16.0 Å². The molecule has 2 unspecified atom stereocenters. The summed E-state index contributed by atoms with van der Waals surface area (Å²) in [6, 6.07) is 7.70. The van der Waals surface area contributed by atoms with Crippen LogP contribution in [0.2, 0.25) is 5.02 Å². The van der Waals surface area contributed by atoms with E-state index in [4.69, 9.17) is 21.9 Å². The predicted octanol–water partition coefficient (Wildman–Crippen LogP) is 4.10. The number of aromatic nitrogens is 2. The Labute approximate surface area is 134 Å². The molecule has 6 heteroatoms. The Bertz CT molecular complexity index is 578. The molecule has 0 spiro atoms. The minimum absolute atomic E-state index is 0.0149. The maximum absolute atomic E-state index is 6.01. The molecule has 1 aromatic heterocycles. The summed E-state index contributed by atoms with van der Waals surface area (Å²) in [6.45, 7) is 6.19. The Kier molecular flexibility index (Phi) is 5.67. The third-order valence-corrected chi connectivity index (χ3v) is 4.44. The van der Waals surface area contributed by atoms with Crippen molar-refractivity contribution in [2.24, 2.45) is 11.7 Å². The zero-order chi connectivity index (χ0) is 15.4. The summed E-state index contributed by atoms with van der Waals surface area (Å²) in [5, 5.41) is 4.77. The fourth-order valence-corrected chi connectivity index (χ4v) is 3.34. The van der Waals surface area contributed by atoms with Gasteiger partial charge in [-0.1, -0.05) is 36.7 Å². The van der Waals surface area contributed by atoms with Crippen molar-refractivity contribution >= 4 is 23.4 Å². The number of thioether (sulfide) groups is 1. The van der Waals surface area contributed by atoms with E-state index in [1.165, 1.54) is 0 Å². The zero-order valence-corrected chi connectivity index (χ0v) is 14.0. The molecule has 1 aromatic carbocycles. The maximum Gasteiger partial charge on any atom is 0.231 e. The molecule has 1 heterocycles. The molecule has 0 bridgehead atoms. The molecule has 4 nitrogen and oxygen atoms in total. The Balaban J connectivity index is 2.03. The molecule has 0 fully saturated rings. The van der Waals surface area contributed by atoms with E-state index < -0.39 is 0 Å². The number of halogens is 1. The molecule has 2 aromatic rings. The van der Waals surface area contributed by atoms with Crippen molar-refractivity contribution < 1.29 is 4.52 Å². The molecule has 2 N–H and O–H groups in total. The molecule has 0 aliphatic carbocycles. The van der Waals surface area contributed by atoms with Gasteiger partial charge in [0.05, 0.1) is 11.7 Å².